The zero-order chi connectivity index (χ0) is 30.5. The molecule has 10 N–H and O–H groups in total. The van der Waals surface area contributed by atoms with Gasteiger partial charge in [0.15, 0.2) is 0 Å². The quantitative estimate of drug-likeness (QED) is 0.107. The van der Waals surface area contributed by atoms with Crippen LogP contribution < -0.4 is 15.3 Å². The Morgan fingerprint density at radius 1 is 0.625 bits per heavy atom. The Balaban J connectivity index is 2.40. The van der Waals surface area contributed by atoms with Crippen LogP contribution in [-0.4, -0.2) is 168 Å². The highest BCUT2D eigenvalue weighted by atomic mass is 16.6. The number of aliphatic hydroxyl groups is 10. The van der Waals surface area contributed by atoms with E-state index < -0.39 is 128 Å². The average Bonchev–Trinajstić information content (AvgIpc) is 3.46. The maximum absolute atomic E-state index is 13.0. The molecule has 0 saturated carbocycles. The molecule has 3 aliphatic heterocycles. The number of hydrogen-bond acceptors (Lipinski definition) is 19. The van der Waals surface area contributed by atoms with Crippen LogP contribution in [0.15, 0.2) is 0 Å². The van der Waals surface area contributed by atoms with Gasteiger partial charge in [-0.25, -0.2) is 0 Å². The fourth-order valence-corrected chi connectivity index (χ4v) is 5.84. The second kappa shape index (κ2) is 11.6. The summed E-state index contributed by atoms with van der Waals surface area (Å²) in [4.78, 5) is 38.1. The Bertz CT molecular complexity index is 930. The number of carbonyl (C=O) groups excluding carboxylic acids is 3. The molecule has 0 amide bonds. The van der Waals surface area contributed by atoms with E-state index >= 15 is 0 Å². The summed E-state index contributed by atoms with van der Waals surface area (Å²) in [6, 6.07) is 0. The molecule has 19 heteroatoms. The van der Waals surface area contributed by atoms with Gasteiger partial charge in [0.1, 0.15) is 78.2 Å². The highest BCUT2D eigenvalue weighted by Crippen LogP contribution is 2.53. The van der Waals surface area contributed by atoms with E-state index in [9.17, 15) is 80.8 Å². The first-order chi connectivity index (χ1) is 18.6. The molecule has 0 aliphatic carbocycles. The highest BCUT2D eigenvalue weighted by Gasteiger charge is 2.74. The van der Waals surface area contributed by atoms with Crippen LogP contribution in [0.4, 0.5) is 0 Å². The van der Waals surface area contributed by atoms with Crippen LogP contribution in [0.25, 0.3) is 0 Å². The van der Waals surface area contributed by atoms with Crippen LogP contribution >= 0.6 is 0 Å². The third kappa shape index (κ3) is 4.47. The molecule has 14 atom stereocenters. The van der Waals surface area contributed by atoms with Crippen molar-refractivity contribution in [1.82, 2.24) is 0 Å². The van der Waals surface area contributed by atoms with E-state index in [1.807, 2.05) is 0 Å². The Morgan fingerprint density at radius 3 is 1.27 bits per heavy atom. The number of carbonyl (C=O) groups is 3. The van der Waals surface area contributed by atoms with Crippen LogP contribution in [0.1, 0.15) is 0 Å². The predicted octanol–water partition coefficient (Wildman–Crippen LogP) is -12.0. The van der Waals surface area contributed by atoms with Crippen LogP contribution in [0.2, 0.25) is 0 Å². The fourth-order valence-electron chi connectivity index (χ4n) is 5.84. The summed E-state index contributed by atoms with van der Waals surface area (Å²) >= 11 is 0. The molecule has 0 aromatic carbocycles. The van der Waals surface area contributed by atoms with Gasteiger partial charge >= 0.3 is 0 Å². The summed E-state index contributed by atoms with van der Waals surface area (Å²) in [5, 5.41) is 141. The van der Waals surface area contributed by atoms with E-state index in [1.54, 1.807) is 0 Å². The molecule has 3 aliphatic rings. The minimum Gasteiger partial charge on any atom is -0.550 e. The zero-order valence-electron chi connectivity index (χ0n) is 20.3. The third-order valence-corrected chi connectivity index (χ3v) is 7.87. The van der Waals surface area contributed by atoms with E-state index in [2.05, 4.69) is 0 Å². The number of rotatable bonds is 11. The summed E-state index contributed by atoms with van der Waals surface area (Å²) in [7, 11) is 0. The smallest absolute Gasteiger partial charge is 0.130 e. The van der Waals surface area contributed by atoms with Gasteiger partial charge in [-0.05, 0) is 0 Å². The Kier molecular flexibility index (Phi) is 9.43. The van der Waals surface area contributed by atoms with Crippen molar-refractivity contribution >= 4 is 17.9 Å². The lowest BCUT2D eigenvalue weighted by molar-refractivity contribution is -0.384. The summed E-state index contributed by atoms with van der Waals surface area (Å²) in [5.74, 6) is -11.9. The van der Waals surface area contributed by atoms with Crippen molar-refractivity contribution in [3.05, 3.63) is 0 Å². The van der Waals surface area contributed by atoms with Crippen molar-refractivity contribution < 1.29 is 95.0 Å². The van der Waals surface area contributed by atoms with Gasteiger partial charge in [-0.15, -0.1) is 0 Å². The molecule has 0 aromatic rings. The van der Waals surface area contributed by atoms with Crippen molar-refractivity contribution in [1.29, 1.82) is 0 Å². The molecule has 0 radical (unpaired) electrons. The molecule has 3 heterocycles. The minimum absolute atomic E-state index is 1.10. The van der Waals surface area contributed by atoms with Gasteiger partial charge in [0.25, 0.3) is 0 Å². The topological polar surface area (TPSA) is 350 Å². The molecule has 0 aromatic heterocycles. The van der Waals surface area contributed by atoms with E-state index in [0.717, 1.165) is 0 Å². The van der Waals surface area contributed by atoms with Crippen LogP contribution in [0, 0.1) is 11.3 Å². The number of hydrogen-bond donors (Lipinski definition) is 10. The standard InChI is InChI=1S/C21H32O19/c22-1-4-8(25)11(28)14(38-4)7(17(31)32)21(37,19(35)36)20(18(33)34,15-12(29)9(26)5(2-23)39-15)16-13(30)10(27)6(3-24)40-16/h4-16,22-30,37H,1-3H2,(H,31,32)(H,33,34)(H,35,36)/p-3/t4-,5-,6-,7?,8-,9-,10-,11-,12-,13-,14?,15?,16?,20?,21?/m1/s1. The van der Waals surface area contributed by atoms with Gasteiger partial charge in [0, 0.05) is 0 Å². The Labute approximate surface area is 223 Å². The summed E-state index contributed by atoms with van der Waals surface area (Å²) in [5.41, 5.74) is -8.80. The predicted molar refractivity (Wildman–Crippen MR) is 109 cm³/mol. The van der Waals surface area contributed by atoms with Gasteiger partial charge in [0.2, 0.25) is 0 Å². The van der Waals surface area contributed by atoms with E-state index in [0.29, 0.717) is 0 Å². The van der Waals surface area contributed by atoms with E-state index in [4.69, 9.17) is 14.2 Å². The summed E-state index contributed by atoms with van der Waals surface area (Å²) in [6.45, 7) is -3.44. The number of carboxylic acid groups (broad SMARTS) is 3. The molecule has 3 rings (SSSR count). The number of carboxylic acids is 3. The van der Waals surface area contributed by atoms with Gasteiger partial charge in [0.05, 0.1) is 49.8 Å². The van der Waals surface area contributed by atoms with Crippen LogP contribution in [0.3, 0.4) is 0 Å². The molecular weight excluding hydrogens is 556 g/mol. The summed E-state index contributed by atoms with van der Waals surface area (Å²) < 4.78 is 15.3. The maximum Gasteiger partial charge on any atom is 0.130 e. The van der Waals surface area contributed by atoms with Gasteiger partial charge in [-0.3, -0.25) is 0 Å². The molecular formula is C21H29O19-3. The van der Waals surface area contributed by atoms with Crippen LogP contribution in [0.5, 0.6) is 0 Å². The lowest BCUT2D eigenvalue weighted by Gasteiger charge is -2.58. The van der Waals surface area contributed by atoms with Crippen molar-refractivity contribution in [3.63, 3.8) is 0 Å². The lowest BCUT2D eigenvalue weighted by atomic mass is 9.56. The number of aliphatic carboxylic acids is 3. The van der Waals surface area contributed by atoms with E-state index in [-0.39, 0.29) is 0 Å². The largest absolute Gasteiger partial charge is 0.550 e. The molecule has 0 spiro atoms. The van der Waals surface area contributed by atoms with Crippen molar-refractivity contribution in [2.45, 2.75) is 78.8 Å². The highest BCUT2D eigenvalue weighted by molar-refractivity contribution is 5.93. The first kappa shape index (κ1) is 32.4. The molecule has 40 heavy (non-hydrogen) atoms. The molecule has 3 saturated heterocycles. The summed E-state index contributed by atoms with van der Waals surface area (Å²) in [6.07, 6.45) is -28.3. The van der Waals surface area contributed by atoms with Crippen molar-refractivity contribution in [2.24, 2.45) is 11.3 Å². The normalized spacial score (nSPS) is 43.6. The Morgan fingerprint density at radius 2 is 1.00 bits per heavy atom. The van der Waals surface area contributed by atoms with Gasteiger partial charge in [-0.2, -0.15) is 0 Å². The second-order valence-corrected chi connectivity index (χ2v) is 9.83. The SMILES string of the molecule is O=C([O-])C(C1O[C@H](CO)[C@@H](O)[C@H]1O)C(O)(C(=O)[O-])C(C(=O)[O-])(C1O[C@H](CO)[C@@H](O)[C@H]1O)C1O[C@H](CO)[C@@H](O)[C@H]1O. The van der Waals surface area contributed by atoms with Crippen molar-refractivity contribution in [3.8, 4) is 0 Å². The average molecular weight is 585 g/mol. The molecule has 0 bridgehead atoms. The second-order valence-electron chi connectivity index (χ2n) is 9.83. The molecule has 3 fully saturated rings. The molecule has 5 unspecified atom stereocenters. The first-order valence-corrected chi connectivity index (χ1v) is 11.8. The van der Waals surface area contributed by atoms with Gasteiger partial charge < -0.3 is 95.0 Å². The zero-order valence-corrected chi connectivity index (χ0v) is 20.3. The minimum atomic E-state index is -4.63. The first-order valence-electron chi connectivity index (χ1n) is 11.8. The van der Waals surface area contributed by atoms with E-state index in [1.165, 1.54) is 0 Å². The fraction of sp³-hybridized carbons (Fsp3) is 0.857. The number of aliphatic hydroxyl groups excluding tert-OH is 9. The van der Waals surface area contributed by atoms with Gasteiger partial charge in [-0.1, -0.05) is 0 Å². The Hall–Kier alpha value is -2.11. The molecule has 230 valence electrons. The monoisotopic (exact) mass is 585 g/mol. The molecule has 19 nitrogen and oxygen atoms in total. The van der Waals surface area contributed by atoms with Crippen LogP contribution in [-0.2, 0) is 28.6 Å². The third-order valence-electron chi connectivity index (χ3n) is 7.87. The lowest BCUT2D eigenvalue weighted by Crippen LogP contribution is -2.81. The number of ether oxygens (including phenoxy) is 3. The maximum atomic E-state index is 13.0. The van der Waals surface area contributed by atoms with Crippen molar-refractivity contribution in [2.75, 3.05) is 19.8 Å².